The van der Waals surface area contributed by atoms with Crippen LogP contribution < -0.4 is 0 Å². The van der Waals surface area contributed by atoms with Crippen molar-refractivity contribution in [2.75, 3.05) is 13.1 Å². The normalized spacial score (nSPS) is 13.2. The summed E-state index contributed by atoms with van der Waals surface area (Å²) in [5.74, 6) is 0.634. The molecule has 494 valence electrons. The van der Waals surface area contributed by atoms with Crippen LogP contribution in [0, 0.1) is 5.92 Å². The van der Waals surface area contributed by atoms with E-state index >= 15 is 0 Å². The van der Waals surface area contributed by atoms with E-state index in [1.807, 2.05) is 0 Å². The van der Waals surface area contributed by atoms with E-state index in [0.717, 1.165) is 13.1 Å². The highest BCUT2D eigenvalue weighted by Crippen LogP contribution is 2.45. The number of nitrogens with zero attached hydrogens (tertiary/aromatic N) is 1. The Balaban J connectivity index is 5.76. The zero-order valence-electron chi connectivity index (χ0n) is 58.9. The number of quaternary nitrogens is 1. The zero-order valence-corrected chi connectivity index (χ0v) is 58.9. The molecule has 1 N–H and O–H groups in total. The highest BCUT2D eigenvalue weighted by molar-refractivity contribution is 4.89. The summed E-state index contributed by atoms with van der Waals surface area (Å²) in [5.41, 5.74) is 0.0148. The van der Waals surface area contributed by atoms with Crippen molar-refractivity contribution in [3.63, 3.8) is 0 Å². The van der Waals surface area contributed by atoms with Gasteiger partial charge < -0.3 is 0 Å². The van der Waals surface area contributed by atoms with E-state index in [1.54, 1.807) is 0 Å². The van der Waals surface area contributed by atoms with E-state index < -0.39 is 0 Å². The van der Waals surface area contributed by atoms with Crippen molar-refractivity contribution in [2.24, 2.45) is 5.92 Å². The maximum atomic E-state index is 13.8. The summed E-state index contributed by atoms with van der Waals surface area (Å²) in [7, 11) is 0. The third kappa shape index (κ3) is 53.0. The van der Waals surface area contributed by atoms with Crippen LogP contribution in [0.3, 0.4) is 0 Å². The molecule has 0 radical (unpaired) electrons. The quantitative estimate of drug-likeness (QED) is 0.0366. The molecule has 2 atom stereocenters. The van der Waals surface area contributed by atoms with E-state index in [0.29, 0.717) is 10.6 Å². The molecule has 0 aromatic rings. The lowest BCUT2D eigenvalue weighted by Gasteiger charge is -2.52. The van der Waals surface area contributed by atoms with Gasteiger partial charge in [-0.25, -0.2) is 5.21 Å². The second-order valence-corrected chi connectivity index (χ2v) is 28.4. The summed E-state index contributed by atoms with van der Waals surface area (Å²) in [6.07, 6.45) is 99.0. The summed E-state index contributed by atoms with van der Waals surface area (Å²) in [4.78, 5) is 0. The standard InChI is InChI=1S/C80H164NO/c1-7-13-18-22-26-30-34-38-42-46-50-54-58-62-66-70-74-79(12-6)80(75-71-67-63-59-55-51-47-43-39-35-31-27-23-19-14-8-2,76-72-68-64-60-56-52-48-44-40-36-32-28-24-20-15-9-3)81(82,77-17-11-5)78-73-69-65-61-57-53-49-45-41-37-33-29-25-21-16-10-4/h79,82H,7-78H2,1-6H3/q+1. The molecule has 2 heteroatoms. The molecule has 2 nitrogen and oxygen atoms in total. The minimum atomic E-state index is 0.0148. The minimum absolute atomic E-state index is 0.0148. The van der Waals surface area contributed by atoms with Gasteiger partial charge >= 0.3 is 0 Å². The maximum Gasteiger partial charge on any atom is 0.132 e. The Hall–Kier alpha value is -0.0800. The van der Waals surface area contributed by atoms with Gasteiger partial charge in [-0.05, 0) is 44.9 Å². The van der Waals surface area contributed by atoms with Crippen molar-refractivity contribution in [3.8, 4) is 0 Å². The van der Waals surface area contributed by atoms with E-state index in [9.17, 15) is 5.21 Å². The van der Waals surface area contributed by atoms with Crippen LogP contribution in [0.4, 0.5) is 0 Å². The molecule has 0 fully saturated rings. The van der Waals surface area contributed by atoms with Gasteiger partial charge in [0, 0.05) is 18.8 Å². The number of hydrogen-bond acceptors (Lipinski definition) is 1. The van der Waals surface area contributed by atoms with Crippen molar-refractivity contribution < 1.29 is 9.85 Å². The Labute approximate surface area is 522 Å². The van der Waals surface area contributed by atoms with Crippen molar-refractivity contribution in [1.29, 1.82) is 0 Å². The zero-order chi connectivity index (χ0) is 59.5. The van der Waals surface area contributed by atoms with Crippen LogP contribution in [-0.4, -0.2) is 28.5 Å². The minimum Gasteiger partial charge on any atom is -0.217 e. The monoisotopic (exact) mass is 1160 g/mol. The molecule has 0 spiro atoms. The number of hydrogen-bond donors (Lipinski definition) is 1. The highest BCUT2D eigenvalue weighted by atomic mass is 16.6. The van der Waals surface area contributed by atoms with Crippen molar-refractivity contribution >= 4 is 0 Å². The maximum absolute atomic E-state index is 13.8. The lowest BCUT2D eigenvalue weighted by atomic mass is 9.70. The molecule has 0 bridgehead atoms. The first-order valence-electron chi connectivity index (χ1n) is 40.1. The van der Waals surface area contributed by atoms with Crippen molar-refractivity contribution in [2.45, 2.75) is 497 Å². The van der Waals surface area contributed by atoms with Crippen molar-refractivity contribution in [1.82, 2.24) is 0 Å². The van der Waals surface area contributed by atoms with Crippen LogP contribution >= 0.6 is 0 Å². The molecular formula is C80H164NO+. The van der Waals surface area contributed by atoms with E-state index in [2.05, 4.69) is 41.5 Å². The molecule has 0 aliphatic carbocycles. The summed E-state index contributed by atoms with van der Waals surface area (Å²) < 4.78 is 0.411. The van der Waals surface area contributed by atoms with Gasteiger partial charge in [-0.2, -0.15) is 4.65 Å². The van der Waals surface area contributed by atoms with Crippen LogP contribution in [-0.2, 0) is 0 Å². The second-order valence-electron chi connectivity index (χ2n) is 28.4. The molecular weight excluding hydrogens is 991 g/mol. The van der Waals surface area contributed by atoms with Gasteiger partial charge in [0.15, 0.2) is 0 Å². The van der Waals surface area contributed by atoms with Gasteiger partial charge in [0.1, 0.15) is 18.6 Å². The Kier molecular flexibility index (Phi) is 68.3. The molecule has 0 aliphatic heterocycles. The SMILES string of the molecule is CCCCCCCCCCCCCCCCCCC(CC)C(CCCCCCCCCCCCCCCCCC)(CCCCCCCCCCCCCCCCCC)[N+](O)(CCCC)CCCCCCCCCCCCCCCCCC. The highest BCUT2D eigenvalue weighted by Gasteiger charge is 2.53. The van der Waals surface area contributed by atoms with Crippen LogP contribution in [0.1, 0.15) is 491 Å². The fourth-order valence-corrected chi connectivity index (χ4v) is 14.9. The average molecular weight is 1160 g/mol. The largest absolute Gasteiger partial charge is 0.217 e. The van der Waals surface area contributed by atoms with Gasteiger partial charge in [0.25, 0.3) is 0 Å². The fourth-order valence-electron chi connectivity index (χ4n) is 14.9. The Bertz CT molecular complexity index is 1100. The van der Waals surface area contributed by atoms with Gasteiger partial charge in [-0.3, -0.25) is 0 Å². The van der Waals surface area contributed by atoms with Crippen LogP contribution in [0.2, 0.25) is 0 Å². The lowest BCUT2D eigenvalue weighted by Crippen LogP contribution is -2.66. The first-order valence-corrected chi connectivity index (χ1v) is 40.1. The predicted molar refractivity (Wildman–Crippen MR) is 375 cm³/mol. The van der Waals surface area contributed by atoms with E-state index in [-0.39, 0.29) is 5.54 Å². The molecule has 2 unspecified atom stereocenters. The van der Waals surface area contributed by atoms with Gasteiger partial charge in [0.2, 0.25) is 0 Å². The number of unbranched alkanes of at least 4 members (excludes halogenated alkanes) is 61. The number of hydroxylamine groups is 3. The van der Waals surface area contributed by atoms with Crippen molar-refractivity contribution in [3.05, 3.63) is 0 Å². The van der Waals surface area contributed by atoms with Gasteiger partial charge in [0.05, 0.1) is 0 Å². The van der Waals surface area contributed by atoms with E-state index in [4.69, 9.17) is 0 Å². The molecule has 0 aromatic carbocycles. The molecule has 0 heterocycles. The summed E-state index contributed by atoms with van der Waals surface area (Å²) in [5, 5.41) is 13.8. The lowest BCUT2D eigenvalue weighted by molar-refractivity contribution is -1.14. The molecule has 0 aromatic heterocycles. The van der Waals surface area contributed by atoms with Gasteiger partial charge in [-0.15, -0.1) is 0 Å². The third-order valence-corrected chi connectivity index (χ3v) is 20.7. The van der Waals surface area contributed by atoms with Crippen LogP contribution in [0.25, 0.3) is 0 Å². The molecule has 0 aliphatic rings. The Morgan fingerprint density at radius 2 is 0.378 bits per heavy atom. The van der Waals surface area contributed by atoms with Gasteiger partial charge in [-0.1, -0.05) is 433 Å². The van der Waals surface area contributed by atoms with Crippen LogP contribution in [0.5, 0.6) is 0 Å². The molecule has 0 saturated heterocycles. The van der Waals surface area contributed by atoms with Crippen LogP contribution in [0.15, 0.2) is 0 Å². The summed E-state index contributed by atoms with van der Waals surface area (Å²) in [6, 6.07) is 0. The summed E-state index contributed by atoms with van der Waals surface area (Å²) in [6.45, 7) is 16.2. The Morgan fingerprint density at radius 3 is 0.585 bits per heavy atom. The number of rotatable bonds is 74. The molecule has 82 heavy (non-hydrogen) atoms. The average Bonchev–Trinajstić information content (AvgIpc) is 3.52. The first-order chi connectivity index (χ1) is 40.5. The molecule has 0 amide bonds. The molecule has 0 rings (SSSR count). The smallest absolute Gasteiger partial charge is 0.132 e. The fraction of sp³-hybridized carbons (Fsp3) is 1.00. The predicted octanol–water partition coefficient (Wildman–Crippen LogP) is 30.0. The molecule has 0 saturated carbocycles. The first kappa shape index (κ1) is 81.9. The second kappa shape index (κ2) is 68.4. The van der Waals surface area contributed by atoms with E-state index in [1.165, 1.54) is 449 Å². The Morgan fingerprint density at radius 1 is 0.207 bits per heavy atom. The summed E-state index contributed by atoms with van der Waals surface area (Å²) >= 11 is 0. The third-order valence-electron chi connectivity index (χ3n) is 20.7. The topological polar surface area (TPSA) is 20.2 Å².